The molecule has 7 nitrogen and oxygen atoms in total. The summed E-state index contributed by atoms with van der Waals surface area (Å²) < 4.78 is 5.78. The van der Waals surface area contributed by atoms with Crippen molar-refractivity contribution in [2.75, 3.05) is 10.7 Å². The Labute approximate surface area is 148 Å². The first-order valence-electron chi connectivity index (χ1n) is 7.42. The lowest BCUT2D eigenvalue weighted by atomic mass is 10.2. The average molecular weight is 353 g/mol. The fourth-order valence-corrected chi connectivity index (χ4v) is 2.55. The maximum absolute atomic E-state index is 11.0. The quantitative estimate of drug-likeness (QED) is 0.521. The first-order chi connectivity index (χ1) is 12.2. The highest BCUT2D eigenvalue weighted by molar-refractivity contribution is 7.19. The lowest BCUT2D eigenvalue weighted by Gasteiger charge is -2.05. The van der Waals surface area contributed by atoms with Crippen LogP contribution >= 0.6 is 11.3 Å². The number of para-hydroxylation sites is 1. The number of carbonyl (C=O) groups is 1. The number of nitrogens with zero attached hydrogens (tertiary/aromatic N) is 3. The largest absolute Gasteiger partial charge is 0.457 e. The third-order valence-corrected chi connectivity index (χ3v) is 3.66. The highest BCUT2D eigenvalue weighted by atomic mass is 32.1. The van der Waals surface area contributed by atoms with Crippen molar-refractivity contribution in [1.82, 2.24) is 10.2 Å². The van der Waals surface area contributed by atoms with Gasteiger partial charge in [-0.2, -0.15) is 5.10 Å². The molecule has 0 saturated carbocycles. The Kier molecular flexibility index (Phi) is 5.32. The summed E-state index contributed by atoms with van der Waals surface area (Å²) in [6, 6.07) is 17.1. The highest BCUT2D eigenvalue weighted by Crippen LogP contribution is 2.22. The SMILES string of the molecule is CC(=O)Nc1nnc(NN=Cc2cccc(Oc3ccccc3)c2)s1. The van der Waals surface area contributed by atoms with Gasteiger partial charge in [-0.25, -0.2) is 0 Å². The van der Waals surface area contributed by atoms with Crippen LogP contribution in [0.15, 0.2) is 59.7 Å². The van der Waals surface area contributed by atoms with Crippen LogP contribution < -0.4 is 15.5 Å². The van der Waals surface area contributed by atoms with Gasteiger partial charge in [0.05, 0.1) is 6.21 Å². The molecule has 0 aliphatic heterocycles. The number of aromatic nitrogens is 2. The zero-order chi connectivity index (χ0) is 17.5. The van der Waals surface area contributed by atoms with E-state index in [0.717, 1.165) is 17.1 Å². The summed E-state index contributed by atoms with van der Waals surface area (Å²) in [5, 5.41) is 15.3. The Bertz CT molecular complexity index is 880. The molecule has 2 N–H and O–H groups in total. The van der Waals surface area contributed by atoms with Gasteiger partial charge in [-0.05, 0) is 29.8 Å². The highest BCUT2D eigenvalue weighted by Gasteiger charge is 2.03. The standard InChI is InChI=1S/C17H15N5O2S/c1-12(23)19-16-21-22-17(25-16)20-18-11-13-6-5-9-15(10-13)24-14-7-3-2-4-8-14/h2-11H,1H3,(H,20,22)(H,19,21,23). The first-order valence-corrected chi connectivity index (χ1v) is 8.24. The maximum atomic E-state index is 11.0. The third kappa shape index (κ3) is 5.11. The van der Waals surface area contributed by atoms with Gasteiger partial charge in [0.1, 0.15) is 11.5 Å². The molecule has 1 aromatic heterocycles. The van der Waals surface area contributed by atoms with Gasteiger partial charge in [0, 0.05) is 6.92 Å². The third-order valence-electron chi connectivity index (χ3n) is 2.92. The molecule has 0 fully saturated rings. The van der Waals surface area contributed by atoms with E-state index in [4.69, 9.17) is 4.74 Å². The second kappa shape index (κ2) is 8.02. The maximum Gasteiger partial charge on any atom is 0.227 e. The van der Waals surface area contributed by atoms with Gasteiger partial charge in [-0.1, -0.05) is 41.7 Å². The van der Waals surface area contributed by atoms with Crippen molar-refractivity contribution in [1.29, 1.82) is 0 Å². The summed E-state index contributed by atoms with van der Waals surface area (Å²) >= 11 is 1.20. The second-order valence-electron chi connectivity index (χ2n) is 4.95. The molecular formula is C17H15N5O2S. The molecule has 3 rings (SSSR count). The Morgan fingerprint density at radius 2 is 1.84 bits per heavy atom. The number of ether oxygens (including phenoxy) is 1. The molecule has 3 aromatic rings. The van der Waals surface area contributed by atoms with Gasteiger partial charge in [-0.15, -0.1) is 10.2 Å². The first kappa shape index (κ1) is 16.6. The van der Waals surface area contributed by atoms with Crippen LogP contribution in [-0.2, 0) is 4.79 Å². The summed E-state index contributed by atoms with van der Waals surface area (Å²) in [5.41, 5.74) is 3.65. The monoisotopic (exact) mass is 353 g/mol. The lowest BCUT2D eigenvalue weighted by Crippen LogP contribution is -2.04. The van der Waals surface area contributed by atoms with Crippen LogP contribution in [0.25, 0.3) is 0 Å². The van der Waals surface area contributed by atoms with E-state index in [1.165, 1.54) is 18.3 Å². The number of hydrazone groups is 1. The summed E-state index contributed by atoms with van der Waals surface area (Å²) in [5.74, 6) is 1.30. The molecule has 0 saturated heterocycles. The smallest absolute Gasteiger partial charge is 0.227 e. The van der Waals surface area contributed by atoms with Gasteiger partial charge in [-0.3, -0.25) is 10.2 Å². The Balaban J connectivity index is 1.60. The van der Waals surface area contributed by atoms with E-state index in [-0.39, 0.29) is 5.91 Å². The van der Waals surface area contributed by atoms with E-state index in [9.17, 15) is 4.79 Å². The van der Waals surface area contributed by atoms with Crippen molar-refractivity contribution < 1.29 is 9.53 Å². The van der Waals surface area contributed by atoms with Crippen molar-refractivity contribution in [3.63, 3.8) is 0 Å². The van der Waals surface area contributed by atoms with E-state index < -0.39 is 0 Å². The van der Waals surface area contributed by atoms with Crippen molar-refractivity contribution in [2.45, 2.75) is 6.92 Å². The molecule has 0 aliphatic carbocycles. The van der Waals surface area contributed by atoms with Crippen LogP contribution in [-0.4, -0.2) is 22.3 Å². The molecule has 126 valence electrons. The van der Waals surface area contributed by atoms with Gasteiger partial charge in [0.2, 0.25) is 16.2 Å². The summed E-state index contributed by atoms with van der Waals surface area (Å²) in [7, 11) is 0. The van der Waals surface area contributed by atoms with E-state index in [1.54, 1.807) is 6.21 Å². The summed E-state index contributed by atoms with van der Waals surface area (Å²) in [6.45, 7) is 1.41. The van der Waals surface area contributed by atoms with Gasteiger partial charge >= 0.3 is 0 Å². The van der Waals surface area contributed by atoms with E-state index in [0.29, 0.717) is 10.3 Å². The van der Waals surface area contributed by atoms with Crippen molar-refractivity contribution in [2.24, 2.45) is 5.10 Å². The number of hydrogen-bond donors (Lipinski definition) is 2. The molecule has 0 bridgehead atoms. The van der Waals surface area contributed by atoms with Gasteiger partial charge in [0.25, 0.3) is 0 Å². The topological polar surface area (TPSA) is 88.5 Å². The minimum absolute atomic E-state index is 0.193. The molecule has 0 aliphatic rings. The number of amides is 1. The average Bonchev–Trinajstić information content (AvgIpc) is 3.03. The van der Waals surface area contributed by atoms with Crippen LogP contribution in [0.4, 0.5) is 10.3 Å². The number of anilines is 2. The molecule has 1 heterocycles. The number of benzene rings is 2. The fraction of sp³-hybridized carbons (Fsp3) is 0.0588. The van der Waals surface area contributed by atoms with Crippen molar-refractivity contribution in [3.8, 4) is 11.5 Å². The predicted octanol–water partition coefficient (Wildman–Crippen LogP) is 3.73. The zero-order valence-electron chi connectivity index (χ0n) is 13.3. The van der Waals surface area contributed by atoms with Crippen LogP contribution in [0.5, 0.6) is 11.5 Å². The molecule has 0 radical (unpaired) electrons. The minimum Gasteiger partial charge on any atom is -0.457 e. The fourth-order valence-electron chi connectivity index (χ4n) is 1.91. The van der Waals surface area contributed by atoms with Crippen molar-refractivity contribution in [3.05, 3.63) is 60.2 Å². The van der Waals surface area contributed by atoms with Crippen LogP contribution in [0.1, 0.15) is 12.5 Å². The molecule has 1 amide bonds. The minimum atomic E-state index is -0.193. The number of carbonyl (C=O) groups excluding carboxylic acids is 1. The molecule has 0 unspecified atom stereocenters. The van der Waals surface area contributed by atoms with E-state index >= 15 is 0 Å². The second-order valence-corrected chi connectivity index (χ2v) is 5.93. The summed E-state index contributed by atoms with van der Waals surface area (Å²) in [4.78, 5) is 11.0. The van der Waals surface area contributed by atoms with Gasteiger partial charge < -0.3 is 10.1 Å². The molecule has 25 heavy (non-hydrogen) atoms. The predicted molar refractivity (Wildman–Crippen MR) is 98.4 cm³/mol. The molecule has 0 atom stereocenters. The lowest BCUT2D eigenvalue weighted by molar-refractivity contribution is -0.114. The van der Waals surface area contributed by atoms with Gasteiger partial charge in [0.15, 0.2) is 0 Å². The van der Waals surface area contributed by atoms with Crippen LogP contribution in [0.2, 0.25) is 0 Å². The Hall–Kier alpha value is -3.26. The van der Waals surface area contributed by atoms with E-state index in [1.807, 2.05) is 54.6 Å². The zero-order valence-corrected chi connectivity index (χ0v) is 14.2. The van der Waals surface area contributed by atoms with E-state index in [2.05, 4.69) is 26.0 Å². The molecule has 8 heteroatoms. The van der Waals surface area contributed by atoms with Crippen molar-refractivity contribution >= 4 is 33.7 Å². The number of rotatable bonds is 6. The number of nitrogens with one attached hydrogen (secondary N) is 2. The van der Waals surface area contributed by atoms with Crippen LogP contribution in [0.3, 0.4) is 0 Å². The molecular weight excluding hydrogens is 338 g/mol. The summed E-state index contributed by atoms with van der Waals surface area (Å²) in [6.07, 6.45) is 1.65. The number of hydrogen-bond acceptors (Lipinski definition) is 7. The molecule has 2 aromatic carbocycles. The molecule has 0 spiro atoms. The normalized spacial score (nSPS) is 10.6. The Morgan fingerprint density at radius 3 is 2.64 bits per heavy atom. The van der Waals surface area contributed by atoms with Crippen LogP contribution in [0, 0.1) is 0 Å². The Morgan fingerprint density at radius 1 is 1.08 bits per heavy atom.